The van der Waals surface area contributed by atoms with Crippen molar-refractivity contribution >= 4 is 17.4 Å². The molecule has 7 heteroatoms. The maximum absolute atomic E-state index is 12.0. The van der Waals surface area contributed by atoms with Crippen LogP contribution in [0.15, 0.2) is 60.3 Å². The molecule has 0 radical (unpaired) electrons. The van der Waals surface area contributed by atoms with Crippen LogP contribution in [0.4, 0.5) is 5.69 Å². The second kappa shape index (κ2) is 7.96. The highest BCUT2D eigenvalue weighted by Gasteiger charge is 2.32. The number of esters is 1. The van der Waals surface area contributed by atoms with Gasteiger partial charge >= 0.3 is 11.7 Å². The van der Waals surface area contributed by atoms with Gasteiger partial charge in [-0.3, -0.25) is 10.1 Å². The van der Waals surface area contributed by atoms with E-state index in [1.165, 1.54) is 0 Å². The molecule has 0 fully saturated rings. The van der Waals surface area contributed by atoms with E-state index < -0.39 is 16.6 Å². The van der Waals surface area contributed by atoms with Gasteiger partial charge in [-0.1, -0.05) is 30.3 Å². The van der Waals surface area contributed by atoms with Crippen LogP contribution in [0, 0.1) is 10.1 Å². The Labute approximate surface area is 145 Å². The van der Waals surface area contributed by atoms with E-state index in [1.54, 1.807) is 73.7 Å². The molecule has 0 heterocycles. The summed E-state index contributed by atoms with van der Waals surface area (Å²) < 4.78 is 9.74. The zero-order chi connectivity index (χ0) is 18.4. The monoisotopic (exact) mass is 342 g/mol. The van der Waals surface area contributed by atoms with E-state index in [-0.39, 0.29) is 5.70 Å². The van der Waals surface area contributed by atoms with Gasteiger partial charge in [0.05, 0.1) is 19.1 Å². The van der Waals surface area contributed by atoms with Crippen LogP contribution in [0.1, 0.15) is 5.56 Å². The highest BCUT2D eigenvalue weighted by atomic mass is 16.6. The fraction of sp³-hybridized carbons (Fsp3) is 0.167. The topological polar surface area (TPSA) is 81.9 Å². The molecule has 0 bridgehead atoms. The average Bonchev–Trinajstić information content (AvgIpc) is 2.65. The van der Waals surface area contributed by atoms with Crippen molar-refractivity contribution in [2.75, 3.05) is 26.2 Å². The predicted octanol–water partition coefficient (Wildman–Crippen LogP) is 2.95. The molecule has 0 spiro atoms. The molecule has 7 nitrogen and oxygen atoms in total. The van der Waals surface area contributed by atoms with E-state index in [4.69, 9.17) is 4.74 Å². The van der Waals surface area contributed by atoms with Gasteiger partial charge in [0, 0.05) is 18.3 Å². The van der Waals surface area contributed by atoms with Gasteiger partial charge in [0.1, 0.15) is 11.4 Å². The van der Waals surface area contributed by atoms with Crippen molar-refractivity contribution in [3.8, 4) is 5.75 Å². The number of carbonyl (C=O) groups is 1. The Bertz CT molecular complexity index is 785. The van der Waals surface area contributed by atoms with Crippen LogP contribution in [0.2, 0.25) is 0 Å². The predicted molar refractivity (Wildman–Crippen MR) is 93.8 cm³/mol. The lowest BCUT2D eigenvalue weighted by molar-refractivity contribution is -0.420. The number of anilines is 1. The lowest BCUT2D eigenvalue weighted by Crippen LogP contribution is -2.24. The van der Waals surface area contributed by atoms with Gasteiger partial charge in [-0.15, -0.1) is 0 Å². The molecule has 0 aliphatic rings. The van der Waals surface area contributed by atoms with E-state index >= 15 is 0 Å². The standard InChI is InChI=1S/C18H18N2O5/c1-19(14-9-11-15(24-2)12-10-14)16(13-7-5-4-6-8-13)17(20(22)23)18(21)25-3/h4-12H,1-3H3/b17-16-. The second-order valence-corrected chi connectivity index (χ2v) is 5.07. The van der Waals surface area contributed by atoms with Crippen molar-refractivity contribution in [1.82, 2.24) is 0 Å². The Hall–Kier alpha value is -3.35. The summed E-state index contributed by atoms with van der Waals surface area (Å²) in [6, 6.07) is 15.6. The largest absolute Gasteiger partial charge is 0.497 e. The van der Waals surface area contributed by atoms with E-state index in [9.17, 15) is 14.9 Å². The van der Waals surface area contributed by atoms with Crippen LogP contribution in [-0.2, 0) is 9.53 Å². The number of hydrogen-bond acceptors (Lipinski definition) is 6. The van der Waals surface area contributed by atoms with Crippen LogP contribution in [0.25, 0.3) is 5.70 Å². The molecule has 0 aromatic heterocycles. The third-order valence-corrected chi connectivity index (χ3v) is 3.63. The van der Waals surface area contributed by atoms with Gasteiger partial charge in [-0.05, 0) is 24.3 Å². The highest BCUT2D eigenvalue weighted by molar-refractivity contribution is 5.98. The fourth-order valence-corrected chi connectivity index (χ4v) is 2.37. The zero-order valence-electron chi connectivity index (χ0n) is 14.1. The second-order valence-electron chi connectivity index (χ2n) is 5.07. The summed E-state index contributed by atoms with van der Waals surface area (Å²) in [6.45, 7) is 0. The lowest BCUT2D eigenvalue weighted by atomic mass is 10.1. The van der Waals surface area contributed by atoms with Crippen LogP contribution in [0.5, 0.6) is 5.75 Å². The molecule has 2 rings (SSSR count). The molecule has 0 aliphatic heterocycles. The first-order chi connectivity index (χ1) is 12.0. The Morgan fingerprint density at radius 2 is 1.64 bits per heavy atom. The summed E-state index contributed by atoms with van der Waals surface area (Å²) in [7, 11) is 4.31. The normalized spacial score (nSPS) is 11.3. The molecule has 0 saturated carbocycles. The molecule has 0 aliphatic carbocycles. The SMILES string of the molecule is COC(=O)/C(=C(\c1ccccc1)N(C)c1ccc(OC)cc1)[N+](=O)[O-]. The fourth-order valence-electron chi connectivity index (χ4n) is 2.37. The van der Waals surface area contributed by atoms with Gasteiger partial charge < -0.3 is 14.4 Å². The molecule has 0 atom stereocenters. The smallest absolute Gasteiger partial charge is 0.411 e. The molecule has 25 heavy (non-hydrogen) atoms. The number of nitrogens with zero attached hydrogens (tertiary/aromatic N) is 2. The molecule has 2 aromatic carbocycles. The van der Waals surface area contributed by atoms with Crippen molar-refractivity contribution in [2.24, 2.45) is 0 Å². The summed E-state index contributed by atoms with van der Waals surface area (Å²) in [4.78, 5) is 24.4. The number of methoxy groups -OCH3 is 2. The lowest BCUT2D eigenvalue weighted by Gasteiger charge is -2.22. The molecule has 0 unspecified atom stereocenters. The third-order valence-electron chi connectivity index (χ3n) is 3.63. The van der Waals surface area contributed by atoms with Gasteiger partial charge in [0.15, 0.2) is 0 Å². The Kier molecular flexibility index (Phi) is 5.73. The minimum atomic E-state index is -1.01. The first-order valence-electron chi connectivity index (χ1n) is 7.39. The zero-order valence-corrected chi connectivity index (χ0v) is 14.1. The van der Waals surface area contributed by atoms with Gasteiger partial charge in [-0.2, -0.15) is 0 Å². The third kappa shape index (κ3) is 3.95. The first-order valence-corrected chi connectivity index (χ1v) is 7.39. The van der Waals surface area contributed by atoms with E-state index in [0.29, 0.717) is 17.0 Å². The highest BCUT2D eigenvalue weighted by Crippen LogP contribution is 2.29. The maximum atomic E-state index is 12.0. The van der Waals surface area contributed by atoms with E-state index in [1.807, 2.05) is 0 Å². The van der Waals surface area contributed by atoms with Gasteiger partial charge in [0.2, 0.25) is 0 Å². The van der Waals surface area contributed by atoms with Crippen molar-refractivity contribution < 1.29 is 19.2 Å². The molecular formula is C18H18N2O5. The van der Waals surface area contributed by atoms with Gasteiger partial charge in [-0.25, -0.2) is 4.79 Å². The van der Waals surface area contributed by atoms with Crippen molar-refractivity contribution in [1.29, 1.82) is 0 Å². The Morgan fingerprint density at radius 1 is 1.04 bits per heavy atom. The van der Waals surface area contributed by atoms with Gasteiger partial charge in [0.25, 0.3) is 0 Å². The van der Waals surface area contributed by atoms with Crippen molar-refractivity contribution in [3.63, 3.8) is 0 Å². The number of rotatable bonds is 6. The molecular weight excluding hydrogens is 324 g/mol. The molecule has 2 aromatic rings. The minimum absolute atomic E-state index is 0.141. The number of nitro groups is 1. The summed E-state index contributed by atoms with van der Waals surface area (Å²) in [5.74, 6) is -0.353. The number of benzene rings is 2. The van der Waals surface area contributed by atoms with Crippen LogP contribution in [-0.4, -0.2) is 32.2 Å². The summed E-state index contributed by atoms with van der Waals surface area (Å²) >= 11 is 0. The van der Waals surface area contributed by atoms with E-state index in [0.717, 1.165) is 7.11 Å². The summed E-state index contributed by atoms with van der Waals surface area (Å²) in [5, 5.41) is 11.6. The minimum Gasteiger partial charge on any atom is -0.497 e. The molecule has 0 saturated heterocycles. The summed E-state index contributed by atoms with van der Waals surface area (Å²) in [5.41, 5.74) is 0.690. The van der Waals surface area contributed by atoms with Crippen LogP contribution >= 0.6 is 0 Å². The van der Waals surface area contributed by atoms with Crippen molar-refractivity contribution in [3.05, 3.63) is 76.0 Å². The van der Waals surface area contributed by atoms with Crippen LogP contribution < -0.4 is 9.64 Å². The molecule has 0 amide bonds. The number of ether oxygens (including phenoxy) is 2. The number of carbonyl (C=O) groups excluding carboxylic acids is 1. The average molecular weight is 342 g/mol. The van der Waals surface area contributed by atoms with E-state index in [2.05, 4.69) is 4.74 Å². The van der Waals surface area contributed by atoms with Crippen LogP contribution in [0.3, 0.4) is 0 Å². The Balaban J connectivity index is 2.65. The first kappa shape index (κ1) is 18.0. The summed E-state index contributed by atoms with van der Waals surface area (Å²) in [6.07, 6.45) is 0. The van der Waals surface area contributed by atoms with Crippen molar-refractivity contribution in [2.45, 2.75) is 0 Å². The molecule has 0 N–H and O–H groups in total. The molecule has 130 valence electrons. The Morgan fingerprint density at radius 3 is 2.12 bits per heavy atom. The maximum Gasteiger partial charge on any atom is 0.411 e. The quantitative estimate of drug-likeness (QED) is 0.347. The number of hydrogen-bond donors (Lipinski definition) is 0.